The summed E-state index contributed by atoms with van der Waals surface area (Å²) in [5.41, 5.74) is 0. The predicted molar refractivity (Wildman–Crippen MR) is 58.3 cm³/mol. The standard InChI is InChI=1S/C11H14O3S/c12-10(11-6-3-7-14-11)8-15(13)9-4-1-2-5-9/h3,6-7,9H,1-2,4-5,8H2. The molecule has 0 bridgehead atoms. The van der Waals surface area contributed by atoms with E-state index in [1.54, 1.807) is 12.1 Å². The Hall–Kier alpha value is -0.900. The highest BCUT2D eigenvalue weighted by atomic mass is 32.2. The van der Waals surface area contributed by atoms with Crippen molar-refractivity contribution in [2.24, 2.45) is 0 Å². The van der Waals surface area contributed by atoms with Gasteiger partial charge in [-0.25, -0.2) is 0 Å². The highest BCUT2D eigenvalue weighted by Crippen LogP contribution is 2.23. The fourth-order valence-corrected chi connectivity index (χ4v) is 3.40. The van der Waals surface area contributed by atoms with Crippen molar-refractivity contribution in [1.29, 1.82) is 0 Å². The molecule has 0 N–H and O–H groups in total. The summed E-state index contributed by atoms with van der Waals surface area (Å²) in [7, 11) is -1.02. The van der Waals surface area contributed by atoms with E-state index in [0.717, 1.165) is 25.7 Å². The minimum absolute atomic E-state index is 0.109. The molecule has 1 fully saturated rings. The first-order valence-electron chi connectivity index (χ1n) is 5.21. The van der Waals surface area contributed by atoms with Crippen LogP contribution in [0.4, 0.5) is 0 Å². The molecule has 0 saturated heterocycles. The maximum atomic E-state index is 11.8. The summed E-state index contributed by atoms with van der Waals surface area (Å²) < 4.78 is 16.8. The number of hydrogen-bond donors (Lipinski definition) is 0. The van der Waals surface area contributed by atoms with Crippen LogP contribution in [-0.4, -0.2) is 21.0 Å². The summed E-state index contributed by atoms with van der Waals surface area (Å²) in [6.07, 6.45) is 5.75. The smallest absolute Gasteiger partial charge is 0.210 e. The summed E-state index contributed by atoms with van der Waals surface area (Å²) in [4.78, 5) is 11.6. The molecule has 0 aromatic carbocycles. The van der Waals surface area contributed by atoms with Crippen molar-refractivity contribution in [1.82, 2.24) is 0 Å². The Bertz CT molecular complexity index is 350. The lowest BCUT2D eigenvalue weighted by molar-refractivity contribution is 0.0991. The molecule has 3 nitrogen and oxygen atoms in total. The topological polar surface area (TPSA) is 47.3 Å². The van der Waals surface area contributed by atoms with Gasteiger partial charge in [-0.2, -0.15) is 0 Å². The van der Waals surface area contributed by atoms with E-state index in [0.29, 0.717) is 5.76 Å². The van der Waals surface area contributed by atoms with Crippen LogP contribution >= 0.6 is 0 Å². The summed E-state index contributed by atoms with van der Waals surface area (Å²) in [6.45, 7) is 0. The Labute approximate surface area is 91.3 Å². The Morgan fingerprint density at radius 3 is 2.80 bits per heavy atom. The van der Waals surface area contributed by atoms with Gasteiger partial charge in [-0.1, -0.05) is 12.8 Å². The molecule has 0 spiro atoms. The third kappa shape index (κ3) is 2.56. The Balaban J connectivity index is 1.91. The van der Waals surface area contributed by atoms with E-state index >= 15 is 0 Å². The van der Waals surface area contributed by atoms with E-state index in [9.17, 15) is 9.00 Å². The van der Waals surface area contributed by atoms with Crippen molar-refractivity contribution in [3.63, 3.8) is 0 Å². The molecule has 0 amide bonds. The van der Waals surface area contributed by atoms with Crippen LogP contribution in [0.25, 0.3) is 0 Å². The number of Topliss-reactive ketones (excluding diaryl/α,β-unsaturated/α-hetero) is 1. The van der Waals surface area contributed by atoms with E-state index < -0.39 is 10.8 Å². The van der Waals surface area contributed by atoms with Crippen molar-refractivity contribution in [3.05, 3.63) is 24.2 Å². The molecule has 4 heteroatoms. The highest BCUT2D eigenvalue weighted by Gasteiger charge is 2.24. The molecular weight excluding hydrogens is 212 g/mol. The predicted octanol–water partition coefficient (Wildman–Crippen LogP) is 2.15. The van der Waals surface area contributed by atoms with Gasteiger partial charge in [-0.15, -0.1) is 0 Å². The fraction of sp³-hybridized carbons (Fsp3) is 0.545. The molecule has 0 radical (unpaired) electrons. The third-order valence-corrected chi connectivity index (χ3v) is 4.51. The van der Waals surface area contributed by atoms with Crippen LogP contribution in [-0.2, 0) is 10.8 Å². The molecule has 15 heavy (non-hydrogen) atoms. The average molecular weight is 226 g/mol. The minimum atomic E-state index is -1.02. The summed E-state index contributed by atoms with van der Waals surface area (Å²) in [5.74, 6) is 0.282. The zero-order valence-electron chi connectivity index (χ0n) is 8.48. The van der Waals surface area contributed by atoms with Gasteiger partial charge in [0.25, 0.3) is 0 Å². The third-order valence-electron chi connectivity index (χ3n) is 2.74. The second-order valence-electron chi connectivity index (χ2n) is 3.83. The normalized spacial score (nSPS) is 19.2. The Morgan fingerprint density at radius 1 is 1.47 bits per heavy atom. The van der Waals surface area contributed by atoms with Crippen LogP contribution in [0.15, 0.2) is 22.8 Å². The molecule has 1 aliphatic rings. The number of furan rings is 1. The lowest BCUT2D eigenvalue weighted by Gasteiger charge is -2.06. The monoisotopic (exact) mass is 226 g/mol. The average Bonchev–Trinajstić information content (AvgIpc) is 2.91. The van der Waals surface area contributed by atoms with E-state index in [4.69, 9.17) is 4.42 Å². The Kier molecular flexibility index (Phi) is 3.36. The first-order chi connectivity index (χ1) is 7.27. The van der Waals surface area contributed by atoms with Crippen LogP contribution < -0.4 is 0 Å². The second-order valence-corrected chi connectivity index (χ2v) is 5.55. The van der Waals surface area contributed by atoms with Crippen LogP contribution in [0.3, 0.4) is 0 Å². The van der Waals surface area contributed by atoms with Crippen molar-refractivity contribution in [2.45, 2.75) is 30.9 Å². The molecular formula is C11H14O3S. The maximum absolute atomic E-state index is 11.8. The second kappa shape index (κ2) is 4.75. The van der Waals surface area contributed by atoms with Gasteiger partial charge < -0.3 is 4.42 Å². The zero-order valence-corrected chi connectivity index (χ0v) is 9.29. The van der Waals surface area contributed by atoms with Gasteiger partial charge in [0.2, 0.25) is 5.78 Å². The van der Waals surface area contributed by atoms with Gasteiger partial charge in [0.15, 0.2) is 5.76 Å². The molecule has 2 rings (SSSR count). The SMILES string of the molecule is O=C(CS(=O)C1CCCC1)c1ccco1. The van der Waals surface area contributed by atoms with Gasteiger partial charge in [0.05, 0.1) is 12.0 Å². The summed E-state index contributed by atoms with van der Waals surface area (Å²) in [6, 6.07) is 3.29. The molecule has 1 aliphatic carbocycles. The fourth-order valence-electron chi connectivity index (χ4n) is 1.91. The first kappa shape index (κ1) is 10.6. The lowest BCUT2D eigenvalue weighted by atomic mass is 10.3. The molecule has 1 atom stereocenters. The first-order valence-corrected chi connectivity index (χ1v) is 6.59. The number of rotatable bonds is 4. The summed E-state index contributed by atoms with van der Waals surface area (Å²) in [5, 5.41) is 0.226. The van der Waals surface area contributed by atoms with Crippen LogP contribution in [0.5, 0.6) is 0 Å². The van der Waals surface area contributed by atoms with Crippen LogP contribution in [0, 0.1) is 0 Å². The van der Waals surface area contributed by atoms with Gasteiger partial charge in [-0.3, -0.25) is 9.00 Å². The summed E-state index contributed by atoms with van der Waals surface area (Å²) >= 11 is 0. The molecule has 82 valence electrons. The number of hydrogen-bond acceptors (Lipinski definition) is 3. The van der Waals surface area contributed by atoms with E-state index in [1.807, 2.05) is 0 Å². The van der Waals surface area contributed by atoms with Gasteiger partial charge >= 0.3 is 0 Å². The minimum Gasteiger partial charge on any atom is -0.461 e. The van der Waals surface area contributed by atoms with Crippen molar-refractivity contribution in [3.8, 4) is 0 Å². The molecule has 1 aromatic heterocycles. The molecule has 1 unspecified atom stereocenters. The zero-order chi connectivity index (χ0) is 10.7. The molecule has 1 aromatic rings. The lowest BCUT2D eigenvalue weighted by Crippen LogP contribution is -2.19. The van der Waals surface area contributed by atoms with Crippen LogP contribution in [0.1, 0.15) is 36.2 Å². The van der Waals surface area contributed by atoms with E-state index in [2.05, 4.69) is 0 Å². The molecule has 0 aliphatic heterocycles. The van der Waals surface area contributed by atoms with Gasteiger partial charge in [-0.05, 0) is 25.0 Å². The van der Waals surface area contributed by atoms with E-state index in [1.165, 1.54) is 6.26 Å². The number of carbonyl (C=O) groups is 1. The quantitative estimate of drug-likeness (QED) is 0.739. The van der Waals surface area contributed by atoms with E-state index in [-0.39, 0.29) is 16.8 Å². The largest absolute Gasteiger partial charge is 0.461 e. The van der Waals surface area contributed by atoms with Crippen molar-refractivity contribution in [2.75, 3.05) is 5.75 Å². The number of carbonyl (C=O) groups excluding carboxylic acids is 1. The van der Waals surface area contributed by atoms with Crippen molar-refractivity contribution >= 4 is 16.6 Å². The molecule has 1 heterocycles. The van der Waals surface area contributed by atoms with Crippen molar-refractivity contribution < 1.29 is 13.4 Å². The highest BCUT2D eigenvalue weighted by molar-refractivity contribution is 7.86. The van der Waals surface area contributed by atoms with Gasteiger partial charge in [0.1, 0.15) is 0 Å². The maximum Gasteiger partial charge on any atom is 0.210 e. The molecule has 1 saturated carbocycles. The van der Waals surface area contributed by atoms with Gasteiger partial charge in [0, 0.05) is 16.0 Å². The van der Waals surface area contributed by atoms with Crippen LogP contribution in [0.2, 0.25) is 0 Å². The Morgan fingerprint density at radius 2 is 2.20 bits per heavy atom. The number of ketones is 1.